The minimum absolute atomic E-state index is 0.149. The van der Waals surface area contributed by atoms with Crippen molar-refractivity contribution in [1.29, 1.82) is 0 Å². The van der Waals surface area contributed by atoms with Crippen molar-refractivity contribution >= 4 is 28.3 Å². The number of imidazole rings is 1. The second-order valence-corrected chi connectivity index (χ2v) is 5.43. The van der Waals surface area contributed by atoms with E-state index in [1.807, 2.05) is 35.9 Å². The number of hydrogen-bond donors (Lipinski definition) is 1. The van der Waals surface area contributed by atoms with Crippen LogP contribution in [-0.4, -0.2) is 26.1 Å². The third kappa shape index (κ3) is 3.23. The number of hydrazone groups is 1. The number of nitrogens with zero attached hydrogens (tertiary/aromatic N) is 4. The summed E-state index contributed by atoms with van der Waals surface area (Å²) in [5.41, 5.74) is 4.74. The summed E-state index contributed by atoms with van der Waals surface area (Å²) in [4.78, 5) is 26.9. The first kappa shape index (κ1) is 16.3. The van der Waals surface area contributed by atoms with Crippen LogP contribution in [0.3, 0.4) is 0 Å². The molecular formula is C17H15N5O3. The van der Waals surface area contributed by atoms with Gasteiger partial charge in [0.1, 0.15) is 5.71 Å². The van der Waals surface area contributed by atoms with Crippen LogP contribution in [0.1, 0.15) is 23.1 Å². The van der Waals surface area contributed by atoms with Crippen LogP contribution in [0, 0.1) is 10.1 Å². The zero-order valence-corrected chi connectivity index (χ0v) is 13.6. The summed E-state index contributed by atoms with van der Waals surface area (Å²) in [7, 11) is 1.87. The second-order valence-electron chi connectivity index (χ2n) is 5.43. The summed E-state index contributed by atoms with van der Waals surface area (Å²) in [6.45, 7) is 1.73. The lowest BCUT2D eigenvalue weighted by Crippen LogP contribution is -2.20. The molecule has 0 aliphatic heterocycles. The van der Waals surface area contributed by atoms with Crippen molar-refractivity contribution in [3.63, 3.8) is 0 Å². The minimum Gasteiger partial charge on any atom is -0.326 e. The van der Waals surface area contributed by atoms with Crippen LogP contribution in [0.5, 0.6) is 0 Å². The van der Waals surface area contributed by atoms with Gasteiger partial charge in [0, 0.05) is 24.7 Å². The van der Waals surface area contributed by atoms with Crippen molar-refractivity contribution in [2.75, 3.05) is 0 Å². The molecule has 126 valence electrons. The maximum absolute atomic E-state index is 12.1. The zero-order chi connectivity index (χ0) is 18.0. The molecule has 1 amide bonds. The summed E-state index contributed by atoms with van der Waals surface area (Å²) in [5.74, 6) is 0.0994. The van der Waals surface area contributed by atoms with Crippen LogP contribution in [0.2, 0.25) is 0 Å². The van der Waals surface area contributed by atoms with Crippen LogP contribution in [0.4, 0.5) is 5.69 Å². The molecule has 8 nitrogen and oxygen atoms in total. The fraction of sp³-hybridized carbons (Fsp3) is 0.118. The maximum atomic E-state index is 12.1. The lowest BCUT2D eigenvalue weighted by Gasteiger charge is -2.03. The highest BCUT2D eigenvalue weighted by molar-refractivity contribution is 6.00. The molecule has 25 heavy (non-hydrogen) atoms. The highest BCUT2D eigenvalue weighted by Gasteiger charge is 2.13. The molecule has 0 radical (unpaired) electrons. The Kier molecular flexibility index (Phi) is 4.25. The fourth-order valence-electron chi connectivity index (χ4n) is 2.48. The van der Waals surface area contributed by atoms with Gasteiger partial charge in [0.05, 0.1) is 16.0 Å². The number of nitro benzene ring substituents is 1. The zero-order valence-electron chi connectivity index (χ0n) is 13.6. The molecule has 1 N–H and O–H groups in total. The standard InChI is InChI=1S/C17H15N5O3/c1-11(16-18-14-8-3-4-9-15(14)21(16)2)19-20-17(23)12-6-5-7-13(10-12)22(24)25/h3-10H,1-2H3,(H,20,23)/b19-11-. The van der Waals surface area contributed by atoms with Crippen molar-refractivity contribution in [2.45, 2.75) is 6.92 Å². The number of aromatic nitrogens is 2. The quantitative estimate of drug-likeness (QED) is 0.449. The van der Waals surface area contributed by atoms with Crippen LogP contribution in [0.15, 0.2) is 53.6 Å². The predicted molar refractivity (Wildman–Crippen MR) is 93.5 cm³/mol. The topological polar surface area (TPSA) is 102 Å². The lowest BCUT2D eigenvalue weighted by atomic mass is 10.2. The van der Waals surface area contributed by atoms with Gasteiger partial charge < -0.3 is 4.57 Å². The molecule has 0 spiro atoms. The molecule has 3 rings (SSSR count). The summed E-state index contributed by atoms with van der Waals surface area (Å²) in [5, 5.41) is 14.9. The molecule has 1 heterocycles. The number of nitro groups is 1. The molecule has 0 unspecified atom stereocenters. The predicted octanol–water partition coefficient (Wildman–Crippen LogP) is 2.64. The molecule has 0 saturated heterocycles. The average molecular weight is 337 g/mol. The van der Waals surface area contributed by atoms with Gasteiger partial charge in [-0.1, -0.05) is 18.2 Å². The van der Waals surface area contributed by atoms with Gasteiger partial charge >= 0.3 is 0 Å². The van der Waals surface area contributed by atoms with Gasteiger partial charge in [0.2, 0.25) is 0 Å². The van der Waals surface area contributed by atoms with E-state index in [1.165, 1.54) is 24.3 Å². The number of benzene rings is 2. The van der Waals surface area contributed by atoms with Crippen molar-refractivity contribution in [3.8, 4) is 0 Å². The second kappa shape index (κ2) is 6.52. The number of nitrogens with one attached hydrogen (secondary N) is 1. The number of fused-ring (bicyclic) bond motifs is 1. The van der Waals surface area contributed by atoms with Crippen LogP contribution >= 0.6 is 0 Å². The third-order valence-electron chi connectivity index (χ3n) is 3.76. The van der Waals surface area contributed by atoms with E-state index in [4.69, 9.17) is 0 Å². The van der Waals surface area contributed by atoms with Crippen molar-refractivity contribution in [3.05, 3.63) is 70.0 Å². The van der Waals surface area contributed by atoms with Crippen molar-refractivity contribution in [2.24, 2.45) is 12.1 Å². The largest absolute Gasteiger partial charge is 0.326 e. The summed E-state index contributed by atoms with van der Waals surface area (Å²) < 4.78 is 1.88. The number of non-ortho nitro benzene ring substituents is 1. The highest BCUT2D eigenvalue weighted by atomic mass is 16.6. The molecule has 1 aromatic heterocycles. The maximum Gasteiger partial charge on any atom is 0.271 e. The molecule has 0 atom stereocenters. The number of rotatable bonds is 4. The molecule has 8 heteroatoms. The van der Waals surface area contributed by atoms with E-state index >= 15 is 0 Å². The van der Waals surface area contributed by atoms with E-state index in [1.54, 1.807) is 6.92 Å². The molecule has 0 aliphatic rings. The van der Waals surface area contributed by atoms with Gasteiger partial charge in [-0.05, 0) is 25.1 Å². The number of aryl methyl sites for hydroxylation is 1. The first-order chi connectivity index (χ1) is 12.0. The Balaban J connectivity index is 1.83. The monoisotopic (exact) mass is 337 g/mol. The average Bonchev–Trinajstić information content (AvgIpc) is 2.96. The number of carbonyl (C=O) groups excluding carboxylic acids is 1. The van der Waals surface area contributed by atoms with Gasteiger partial charge in [-0.2, -0.15) is 5.10 Å². The number of para-hydroxylation sites is 2. The fourth-order valence-corrected chi connectivity index (χ4v) is 2.48. The number of carbonyl (C=O) groups is 1. The van der Waals surface area contributed by atoms with Crippen LogP contribution in [0.25, 0.3) is 11.0 Å². The summed E-state index contributed by atoms with van der Waals surface area (Å²) in [6.07, 6.45) is 0. The Bertz CT molecular complexity index is 1010. The molecule has 0 bridgehead atoms. The van der Waals surface area contributed by atoms with Gasteiger partial charge in [-0.3, -0.25) is 14.9 Å². The molecule has 0 aliphatic carbocycles. The third-order valence-corrected chi connectivity index (χ3v) is 3.76. The number of hydrogen-bond acceptors (Lipinski definition) is 5. The number of amides is 1. The van der Waals surface area contributed by atoms with E-state index < -0.39 is 10.8 Å². The Morgan fingerprint density at radius 2 is 2.00 bits per heavy atom. The minimum atomic E-state index is -0.551. The Morgan fingerprint density at radius 1 is 1.24 bits per heavy atom. The summed E-state index contributed by atoms with van der Waals surface area (Å²) in [6, 6.07) is 13.1. The molecule has 3 aromatic rings. The Labute approximate surface area is 142 Å². The normalized spacial score (nSPS) is 11.5. The van der Waals surface area contributed by atoms with E-state index in [0.717, 1.165) is 11.0 Å². The van der Waals surface area contributed by atoms with E-state index in [-0.39, 0.29) is 11.3 Å². The van der Waals surface area contributed by atoms with Gasteiger partial charge in [0.25, 0.3) is 11.6 Å². The van der Waals surface area contributed by atoms with E-state index in [2.05, 4.69) is 15.5 Å². The lowest BCUT2D eigenvalue weighted by molar-refractivity contribution is -0.384. The molecule has 2 aromatic carbocycles. The summed E-state index contributed by atoms with van der Waals surface area (Å²) >= 11 is 0. The van der Waals surface area contributed by atoms with Gasteiger partial charge in [0.15, 0.2) is 5.82 Å². The van der Waals surface area contributed by atoms with Crippen molar-refractivity contribution in [1.82, 2.24) is 15.0 Å². The Morgan fingerprint density at radius 3 is 2.72 bits per heavy atom. The Hall–Kier alpha value is -3.55. The smallest absolute Gasteiger partial charge is 0.271 e. The van der Waals surface area contributed by atoms with Crippen LogP contribution < -0.4 is 5.43 Å². The molecule has 0 fully saturated rings. The van der Waals surface area contributed by atoms with Gasteiger partial charge in [-0.15, -0.1) is 0 Å². The van der Waals surface area contributed by atoms with Crippen LogP contribution in [-0.2, 0) is 7.05 Å². The van der Waals surface area contributed by atoms with Gasteiger partial charge in [-0.25, -0.2) is 10.4 Å². The highest BCUT2D eigenvalue weighted by Crippen LogP contribution is 2.15. The first-order valence-corrected chi connectivity index (χ1v) is 7.48. The SMILES string of the molecule is C/C(=N/NC(=O)c1cccc([N+](=O)[O-])c1)c1nc2ccccc2n1C. The van der Waals surface area contributed by atoms with E-state index in [9.17, 15) is 14.9 Å². The van der Waals surface area contributed by atoms with Crippen molar-refractivity contribution < 1.29 is 9.72 Å². The van der Waals surface area contributed by atoms with E-state index in [0.29, 0.717) is 11.5 Å². The first-order valence-electron chi connectivity index (χ1n) is 7.48. The molecular weight excluding hydrogens is 322 g/mol. The molecule has 0 saturated carbocycles.